The normalized spacial score (nSPS) is 11.3. The lowest BCUT2D eigenvalue weighted by Gasteiger charge is -2.11. The maximum atomic E-state index is 13.0. The van der Waals surface area contributed by atoms with Crippen molar-refractivity contribution < 1.29 is 17.9 Å². The number of aromatic nitrogens is 2. The molecule has 0 bridgehead atoms. The molecular weight excluding hydrogens is 402 g/mol. The largest absolute Gasteiger partial charge is 0.497 e. The minimum atomic E-state index is -3.82. The molecule has 0 spiro atoms. The summed E-state index contributed by atoms with van der Waals surface area (Å²) < 4.78 is 32.7. The van der Waals surface area contributed by atoms with Crippen LogP contribution in [0.3, 0.4) is 0 Å². The quantitative estimate of drug-likeness (QED) is 0.683. The Morgan fingerprint density at radius 3 is 2.39 bits per heavy atom. The zero-order valence-corrected chi connectivity index (χ0v) is 17.0. The monoisotopic (exact) mass is 419 g/mol. The lowest BCUT2D eigenvalue weighted by atomic mass is 10.2. The van der Waals surface area contributed by atoms with Crippen LogP contribution < -0.4 is 10.1 Å². The van der Waals surface area contributed by atoms with E-state index in [0.717, 1.165) is 0 Å². The molecule has 0 radical (unpaired) electrons. The van der Waals surface area contributed by atoms with Crippen LogP contribution in [0.4, 0.5) is 5.69 Å². The highest BCUT2D eigenvalue weighted by molar-refractivity contribution is 7.91. The van der Waals surface area contributed by atoms with Gasteiger partial charge in [0, 0.05) is 29.5 Å². The van der Waals surface area contributed by atoms with Crippen molar-refractivity contribution in [1.29, 1.82) is 0 Å². The second kappa shape index (κ2) is 7.65. The topological polar surface area (TPSA) is 90.3 Å². The average Bonchev–Trinajstić information content (AvgIpc) is 3.00. The van der Waals surface area contributed by atoms with Crippen LogP contribution in [-0.2, 0) is 16.9 Å². The van der Waals surface area contributed by atoms with Crippen LogP contribution in [0.15, 0.2) is 58.5 Å². The molecule has 3 rings (SSSR count). The number of carbonyl (C=O) groups is 1. The second-order valence-corrected chi connectivity index (χ2v) is 8.46. The van der Waals surface area contributed by atoms with Gasteiger partial charge in [0.05, 0.1) is 28.7 Å². The highest BCUT2D eigenvalue weighted by Crippen LogP contribution is 2.29. The number of hydrogen-bond acceptors (Lipinski definition) is 5. The third-order valence-electron chi connectivity index (χ3n) is 4.29. The SMILES string of the molecule is COc1cc(NC(=O)c2cnn(C)c2C)cc(S(=O)(=O)c2ccc(Cl)cc2)c1. The van der Waals surface area contributed by atoms with E-state index in [1.807, 2.05) is 0 Å². The Bertz CT molecular complexity index is 1140. The molecule has 2 aromatic carbocycles. The molecule has 0 fully saturated rings. The van der Waals surface area contributed by atoms with Gasteiger partial charge in [-0.15, -0.1) is 0 Å². The van der Waals surface area contributed by atoms with E-state index in [4.69, 9.17) is 16.3 Å². The Labute approximate surface area is 167 Å². The van der Waals surface area contributed by atoms with Crippen LogP contribution in [0, 0.1) is 6.92 Å². The van der Waals surface area contributed by atoms with Gasteiger partial charge in [-0.2, -0.15) is 5.10 Å². The molecule has 1 heterocycles. The summed E-state index contributed by atoms with van der Waals surface area (Å²) in [6, 6.07) is 10.2. The first-order chi connectivity index (χ1) is 13.2. The van der Waals surface area contributed by atoms with E-state index in [1.54, 1.807) is 24.7 Å². The minimum Gasteiger partial charge on any atom is -0.497 e. The summed E-state index contributed by atoms with van der Waals surface area (Å²) in [5.74, 6) is -0.0954. The van der Waals surface area contributed by atoms with Gasteiger partial charge in [-0.1, -0.05) is 11.6 Å². The number of anilines is 1. The molecule has 0 saturated heterocycles. The number of sulfone groups is 1. The Hall–Kier alpha value is -2.84. The summed E-state index contributed by atoms with van der Waals surface area (Å²) in [5, 5.41) is 7.18. The molecule has 0 unspecified atom stereocenters. The number of amides is 1. The predicted molar refractivity (Wildman–Crippen MR) is 106 cm³/mol. The van der Waals surface area contributed by atoms with E-state index in [1.165, 1.54) is 49.7 Å². The van der Waals surface area contributed by atoms with Crippen LogP contribution >= 0.6 is 11.6 Å². The first kappa shape index (κ1) is 19.9. The summed E-state index contributed by atoms with van der Waals surface area (Å²) in [4.78, 5) is 12.6. The molecule has 0 aliphatic carbocycles. The number of aryl methyl sites for hydroxylation is 1. The van der Waals surface area contributed by atoms with Crippen molar-refractivity contribution in [3.8, 4) is 5.75 Å². The van der Waals surface area contributed by atoms with E-state index in [2.05, 4.69) is 10.4 Å². The summed E-state index contributed by atoms with van der Waals surface area (Å²) in [7, 11) is -0.670. The molecule has 28 heavy (non-hydrogen) atoms. The van der Waals surface area contributed by atoms with Gasteiger partial charge in [0.2, 0.25) is 9.84 Å². The number of ether oxygens (including phenoxy) is 1. The fraction of sp³-hybridized carbons (Fsp3) is 0.158. The maximum Gasteiger partial charge on any atom is 0.259 e. The summed E-state index contributed by atoms with van der Waals surface area (Å²) in [5.41, 5.74) is 1.38. The number of rotatable bonds is 5. The number of carbonyl (C=O) groups excluding carboxylic acids is 1. The Morgan fingerprint density at radius 1 is 1.14 bits per heavy atom. The predicted octanol–water partition coefficient (Wildman–Crippen LogP) is 3.48. The molecule has 0 saturated carbocycles. The molecule has 7 nitrogen and oxygen atoms in total. The number of nitrogens with one attached hydrogen (secondary N) is 1. The molecule has 0 atom stereocenters. The molecule has 1 amide bonds. The number of methoxy groups -OCH3 is 1. The average molecular weight is 420 g/mol. The zero-order chi connectivity index (χ0) is 20.5. The molecular formula is C19H18ClN3O4S. The molecule has 1 aromatic heterocycles. The van der Waals surface area contributed by atoms with Crippen molar-refractivity contribution >= 4 is 33.0 Å². The van der Waals surface area contributed by atoms with E-state index in [9.17, 15) is 13.2 Å². The maximum absolute atomic E-state index is 13.0. The van der Waals surface area contributed by atoms with Gasteiger partial charge in [-0.25, -0.2) is 8.42 Å². The van der Waals surface area contributed by atoms with Crippen molar-refractivity contribution in [3.63, 3.8) is 0 Å². The summed E-state index contributed by atoms with van der Waals surface area (Å²) in [6.07, 6.45) is 1.45. The Morgan fingerprint density at radius 2 is 1.82 bits per heavy atom. The number of benzene rings is 2. The van der Waals surface area contributed by atoms with Crippen molar-refractivity contribution in [3.05, 3.63) is 64.9 Å². The van der Waals surface area contributed by atoms with Gasteiger partial charge < -0.3 is 10.1 Å². The zero-order valence-electron chi connectivity index (χ0n) is 15.4. The number of nitrogens with zero attached hydrogens (tertiary/aromatic N) is 2. The van der Waals surface area contributed by atoms with Crippen molar-refractivity contribution in [2.75, 3.05) is 12.4 Å². The van der Waals surface area contributed by atoms with Gasteiger partial charge in [-0.3, -0.25) is 9.48 Å². The molecule has 9 heteroatoms. The van der Waals surface area contributed by atoms with Crippen molar-refractivity contribution in [2.24, 2.45) is 7.05 Å². The van der Waals surface area contributed by atoms with Gasteiger partial charge in [-0.05, 0) is 43.3 Å². The third-order valence-corrected chi connectivity index (χ3v) is 6.29. The molecule has 3 aromatic rings. The fourth-order valence-corrected chi connectivity index (χ4v) is 4.03. The van der Waals surface area contributed by atoms with Gasteiger partial charge in [0.1, 0.15) is 5.75 Å². The van der Waals surface area contributed by atoms with Gasteiger partial charge >= 0.3 is 0 Å². The van der Waals surface area contributed by atoms with E-state index >= 15 is 0 Å². The van der Waals surface area contributed by atoms with Crippen molar-refractivity contribution in [1.82, 2.24) is 9.78 Å². The van der Waals surface area contributed by atoms with Crippen LogP contribution in [0.25, 0.3) is 0 Å². The van der Waals surface area contributed by atoms with Crippen LogP contribution in [0.5, 0.6) is 5.75 Å². The van der Waals surface area contributed by atoms with Gasteiger partial charge in [0.25, 0.3) is 5.91 Å². The summed E-state index contributed by atoms with van der Waals surface area (Å²) >= 11 is 5.84. The first-order valence-electron chi connectivity index (χ1n) is 8.22. The summed E-state index contributed by atoms with van der Waals surface area (Å²) in [6.45, 7) is 1.77. The number of halogens is 1. The smallest absolute Gasteiger partial charge is 0.259 e. The first-order valence-corrected chi connectivity index (χ1v) is 10.1. The Kier molecular flexibility index (Phi) is 5.44. The van der Waals surface area contributed by atoms with E-state index in [0.29, 0.717) is 27.7 Å². The van der Waals surface area contributed by atoms with Crippen LogP contribution in [-0.4, -0.2) is 31.2 Å². The highest BCUT2D eigenvalue weighted by Gasteiger charge is 2.21. The molecule has 0 aliphatic rings. The van der Waals surface area contributed by atoms with E-state index in [-0.39, 0.29) is 9.79 Å². The minimum absolute atomic E-state index is 0.00705. The second-order valence-electron chi connectivity index (χ2n) is 6.08. The van der Waals surface area contributed by atoms with Gasteiger partial charge in [0.15, 0.2) is 0 Å². The molecule has 1 N–H and O–H groups in total. The van der Waals surface area contributed by atoms with Crippen LogP contribution in [0.2, 0.25) is 5.02 Å². The lowest BCUT2D eigenvalue weighted by Crippen LogP contribution is -2.13. The van der Waals surface area contributed by atoms with Crippen molar-refractivity contribution in [2.45, 2.75) is 16.7 Å². The number of hydrogen-bond donors (Lipinski definition) is 1. The molecule has 0 aliphatic heterocycles. The molecule has 146 valence electrons. The lowest BCUT2D eigenvalue weighted by molar-refractivity contribution is 0.102. The third kappa shape index (κ3) is 3.88. The van der Waals surface area contributed by atoms with E-state index < -0.39 is 15.7 Å². The van der Waals surface area contributed by atoms with Crippen LogP contribution in [0.1, 0.15) is 16.1 Å². The standard InChI is InChI=1S/C19H18ClN3O4S/c1-12-18(11-21-23(12)2)19(24)22-14-8-15(27-3)10-17(9-14)28(25,26)16-6-4-13(20)5-7-16/h4-11H,1-3H3,(H,22,24). The fourth-order valence-electron chi connectivity index (χ4n) is 2.59. The Balaban J connectivity index is 1.99. The highest BCUT2D eigenvalue weighted by atomic mass is 35.5.